The molecule has 4 N–H and O–H groups in total. The Labute approximate surface area is 69.8 Å². The molecule has 1 saturated heterocycles. The molecule has 0 aromatic rings. The molecule has 0 aromatic heterocycles. The third-order valence-electron chi connectivity index (χ3n) is 3.04. The fourth-order valence-corrected chi connectivity index (χ4v) is 1.83. The number of hydrogen-bond acceptors (Lipinski definition) is 0. The summed E-state index contributed by atoms with van der Waals surface area (Å²) in [5.41, 5.74) is 4.43. The van der Waals surface area contributed by atoms with E-state index in [-0.39, 0.29) is 0 Å². The van der Waals surface area contributed by atoms with Gasteiger partial charge in [0, 0.05) is 0 Å². The van der Waals surface area contributed by atoms with E-state index < -0.39 is 0 Å². The molecule has 0 aliphatic carbocycles. The van der Waals surface area contributed by atoms with Gasteiger partial charge in [-0.25, -0.2) is 0 Å². The van der Waals surface area contributed by atoms with Gasteiger partial charge in [-0.1, -0.05) is 0 Å². The van der Waals surface area contributed by atoms with Crippen LogP contribution in [0.3, 0.4) is 0 Å². The van der Waals surface area contributed by atoms with Crippen molar-refractivity contribution < 1.29 is 10.6 Å². The fourth-order valence-electron chi connectivity index (χ4n) is 1.83. The van der Waals surface area contributed by atoms with Gasteiger partial charge in [0.1, 0.15) is 12.1 Å². The number of rotatable bonds is 2. The lowest BCUT2D eigenvalue weighted by Gasteiger charge is -2.35. The van der Waals surface area contributed by atoms with Gasteiger partial charge in [-0.3, -0.25) is 0 Å². The van der Waals surface area contributed by atoms with Crippen molar-refractivity contribution in [1.29, 1.82) is 0 Å². The van der Waals surface area contributed by atoms with Gasteiger partial charge < -0.3 is 10.6 Å². The molecule has 1 rings (SSSR count). The first-order chi connectivity index (χ1) is 5.17. The molecule has 0 unspecified atom stereocenters. The minimum absolute atomic E-state index is 0.417. The Bertz CT molecular complexity index is 115. The lowest BCUT2D eigenvalue weighted by atomic mass is 9.99. The van der Waals surface area contributed by atoms with Crippen molar-refractivity contribution >= 4 is 0 Å². The average molecular weight is 158 g/mol. The summed E-state index contributed by atoms with van der Waals surface area (Å²) in [6.07, 6.45) is 4.27. The van der Waals surface area contributed by atoms with Crippen LogP contribution in [0.25, 0.3) is 0 Å². The normalized spacial score (nSPS) is 22.1. The standard InChI is InChI=1S/C9H20N2/c1-9(2,8-10)11-6-4-3-5-7-11/h3-8,10H2,1-2H3/p+2. The van der Waals surface area contributed by atoms with Gasteiger partial charge >= 0.3 is 0 Å². The Hall–Kier alpha value is -0.0800. The Morgan fingerprint density at radius 2 is 1.73 bits per heavy atom. The smallest absolute Gasteiger partial charge is 0.141 e. The molecule has 2 heteroatoms. The maximum atomic E-state index is 4.01. The number of nitrogens with one attached hydrogen (secondary N) is 1. The molecule has 0 bridgehead atoms. The van der Waals surface area contributed by atoms with Crippen molar-refractivity contribution in [1.82, 2.24) is 0 Å². The van der Waals surface area contributed by atoms with Gasteiger partial charge in [0.2, 0.25) is 0 Å². The number of quaternary nitrogens is 2. The van der Waals surface area contributed by atoms with Crippen LogP contribution in [0.15, 0.2) is 0 Å². The molecule has 0 spiro atoms. The minimum atomic E-state index is 0.417. The Morgan fingerprint density at radius 3 is 2.18 bits per heavy atom. The van der Waals surface area contributed by atoms with Crippen molar-refractivity contribution in [3.8, 4) is 0 Å². The van der Waals surface area contributed by atoms with Gasteiger partial charge in [-0.05, 0) is 33.1 Å². The molecular formula is C9H22N2+2. The minimum Gasteiger partial charge on any atom is -0.352 e. The van der Waals surface area contributed by atoms with Crippen LogP contribution in [0.2, 0.25) is 0 Å². The van der Waals surface area contributed by atoms with Crippen LogP contribution in [0.5, 0.6) is 0 Å². The van der Waals surface area contributed by atoms with E-state index in [2.05, 4.69) is 19.6 Å². The lowest BCUT2D eigenvalue weighted by molar-refractivity contribution is -0.959. The lowest BCUT2D eigenvalue weighted by Crippen LogP contribution is -3.21. The molecule has 1 fully saturated rings. The molecule has 0 radical (unpaired) electrons. The summed E-state index contributed by atoms with van der Waals surface area (Å²) in [6.45, 7) is 8.45. The predicted octanol–water partition coefficient (Wildman–Crippen LogP) is -0.924. The quantitative estimate of drug-likeness (QED) is 0.521. The van der Waals surface area contributed by atoms with Crippen molar-refractivity contribution in [3.05, 3.63) is 0 Å². The van der Waals surface area contributed by atoms with Gasteiger partial charge in [0.25, 0.3) is 0 Å². The predicted molar refractivity (Wildman–Crippen MR) is 46.4 cm³/mol. The Balaban J connectivity index is 2.43. The first-order valence-corrected chi connectivity index (χ1v) is 4.81. The van der Waals surface area contributed by atoms with E-state index in [1.54, 1.807) is 4.90 Å². The molecule has 66 valence electrons. The van der Waals surface area contributed by atoms with Crippen LogP contribution in [0.1, 0.15) is 33.1 Å². The molecule has 2 nitrogen and oxygen atoms in total. The monoisotopic (exact) mass is 158 g/mol. The van der Waals surface area contributed by atoms with E-state index in [4.69, 9.17) is 0 Å². The second kappa shape index (κ2) is 3.55. The first-order valence-electron chi connectivity index (χ1n) is 4.81. The van der Waals surface area contributed by atoms with Crippen LogP contribution in [-0.2, 0) is 0 Å². The van der Waals surface area contributed by atoms with Gasteiger partial charge in [-0.2, -0.15) is 0 Å². The zero-order chi connectivity index (χ0) is 8.32. The van der Waals surface area contributed by atoms with Crippen LogP contribution < -0.4 is 10.6 Å². The summed E-state index contributed by atoms with van der Waals surface area (Å²) in [5.74, 6) is 0. The van der Waals surface area contributed by atoms with E-state index >= 15 is 0 Å². The maximum Gasteiger partial charge on any atom is 0.141 e. The molecule has 1 aliphatic rings. The molecule has 0 aromatic carbocycles. The van der Waals surface area contributed by atoms with E-state index in [0.29, 0.717) is 5.54 Å². The van der Waals surface area contributed by atoms with Crippen molar-refractivity contribution in [2.24, 2.45) is 0 Å². The van der Waals surface area contributed by atoms with Crippen LogP contribution in [-0.4, -0.2) is 25.2 Å². The second-order valence-corrected chi connectivity index (χ2v) is 4.30. The molecule has 0 saturated carbocycles. The molecule has 11 heavy (non-hydrogen) atoms. The Kier molecular flexibility index (Phi) is 2.90. The van der Waals surface area contributed by atoms with Crippen molar-refractivity contribution in [2.75, 3.05) is 19.6 Å². The van der Waals surface area contributed by atoms with E-state index in [1.165, 1.54) is 32.4 Å². The topological polar surface area (TPSA) is 32.1 Å². The molecular weight excluding hydrogens is 136 g/mol. The third kappa shape index (κ3) is 2.17. The van der Waals surface area contributed by atoms with Crippen molar-refractivity contribution in [2.45, 2.75) is 38.6 Å². The van der Waals surface area contributed by atoms with Gasteiger partial charge in [0.15, 0.2) is 0 Å². The summed E-state index contributed by atoms with van der Waals surface area (Å²) < 4.78 is 0. The second-order valence-electron chi connectivity index (χ2n) is 4.30. The summed E-state index contributed by atoms with van der Waals surface area (Å²) in [4.78, 5) is 1.76. The van der Waals surface area contributed by atoms with E-state index in [0.717, 1.165) is 6.54 Å². The number of likely N-dealkylation sites (tertiary alicyclic amines) is 1. The zero-order valence-corrected chi connectivity index (χ0v) is 7.95. The SMILES string of the molecule is CC(C)(C[NH3+])[NH+]1CCCCC1. The van der Waals surface area contributed by atoms with Gasteiger partial charge in [0.05, 0.1) is 13.1 Å². The van der Waals surface area contributed by atoms with Crippen LogP contribution in [0, 0.1) is 0 Å². The van der Waals surface area contributed by atoms with Gasteiger partial charge in [-0.15, -0.1) is 0 Å². The Morgan fingerprint density at radius 1 is 1.18 bits per heavy atom. The van der Waals surface area contributed by atoms with Crippen LogP contribution >= 0.6 is 0 Å². The summed E-state index contributed by atoms with van der Waals surface area (Å²) in [5, 5.41) is 0. The first kappa shape index (κ1) is 9.01. The number of piperidine rings is 1. The molecule has 1 heterocycles. The summed E-state index contributed by atoms with van der Waals surface area (Å²) >= 11 is 0. The highest BCUT2D eigenvalue weighted by Crippen LogP contribution is 2.00. The van der Waals surface area contributed by atoms with E-state index in [1.807, 2.05) is 0 Å². The van der Waals surface area contributed by atoms with Crippen LogP contribution in [0.4, 0.5) is 0 Å². The fraction of sp³-hybridized carbons (Fsp3) is 1.00. The zero-order valence-electron chi connectivity index (χ0n) is 7.95. The van der Waals surface area contributed by atoms with E-state index in [9.17, 15) is 0 Å². The molecule has 1 aliphatic heterocycles. The highest BCUT2D eigenvalue weighted by Gasteiger charge is 2.31. The highest BCUT2D eigenvalue weighted by atomic mass is 15.2. The third-order valence-corrected chi connectivity index (χ3v) is 3.04. The van der Waals surface area contributed by atoms with Crippen molar-refractivity contribution in [3.63, 3.8) is 0 Å². The summed E-state index contributed by atoms with van der Waals surface area (Å²) in [7, 11) is 0. The molecule has 0 atom stereocenters. The maximum absolute atomic E-state index is 4.01. The average Bonchev–Trinajstić information content (AvgIpc) is 2.06. The number of hydrogen-bond donors (Lipinski definition) is 2. The summed E-state index contributed by atoms with van der Waals surface area (Å²) in [6, 6.07) is 0. The molecule has 0 amide bonds. The highest BCUT2D eigenvalue weighted by molar-refractivity contribution is 4.64. The largest absolute Gasteiger partial charge is 0.352 e.